The molecule has 22 heavy (non-hydrogen) atoms. The fourth-order valence-corrected chi connectivity index (χ4v) is 5.25. The van der Waals surface area contributed by atoms with Crippen LogP contribution in [0.1, 0.15) is 52.9 Å². The first-order valence-electron chi connectivity index (χ1n) is 8.83. The van der Waals surface area contributed by atoms with Gasteiger partial charge in [-0.3, -0.25) is 9.59 Å². The Morgan fingerprint density at radius 2 is 1.95 bits per heavy atom. The van der Waals surface area contributed by atoms with Crippen LogP contribution in [0.3, 0.4) is 0 Å². The summed E-state index contributed by atoms with van der Waals surface area (Å²) in [6.07, 6.45) is 5.60. The van der Waals surface area contributed by atoms with Gasteiger partial charge in [0.05, 0.1) is 5.92 Å². The normalized spacial score (nSPS) is 39.8. The van der Waals surface area contributed by atoms with Crippen LogP contribution in [-0.4, -0.2) is 25.2 Å². The van der Waals surface area contributed by atoms with Crippen LogP contribution in [0.4, 0.5) is 0 Å². The molecule has 0 saturated heterocycles. The highest BCUT2D eigenvalue weighted by molar-refractivity contribution is 5.73. The minimum atomic E-state index is -0.248. The van der Waals surface area contributed by atoms with Crippen molar-refractivity contribution in [3.63, 3.8) is 0 Å². The van der Waals surface area contributed by atoms with Gasteiger partial charge in [-0.05, 0) is 48.3 Å². The molecule has 6 atom stereocenters. The van der Waals surface area contributed by atoms with Crippen LogP contribution in [0.5, 0.6) is 0 Å². The van der Waals surface area contributed by atoms with E-state index < -0.39 is 0 Å². The summed E-state index contributed by atoms with van der Waals surface area (Å²) in [4.78, 5) is 23.3. The summed E-state index contributed by atoms with van der Waals surface area (Å²) in [5.74, 6) is 2.67. The zero-order chi connectivity index (χ0) is 15.9. The largest absolute Gasteiger partial charge is 0.462 e. The second-order valence-corrected chi connectivity index (χ2v) is 7.55. The summed E-state index contributed by atoms with van der Waals surface area (Å²) >= 11 is 0. The topological polar surface area (TPSA) is 52.6 Å². The van der Waals surface area contributed by atoms with Crippen molar-refractivity contribution in [2.75, 3.05) is 13.2 Å². The van der Waals surface area contributed by atoms with Gasteiger partial charge in [-0.2, -0.15) is 0 Å². The van der Waals surface area contributed by atoms with E-state index in [0.717, 1.165) is 17.8 Å². The van der Waals surface area contributed by atoms with Gasteiger partial charge in [0.2, 0.25) is 0 Å². The lowest BCUT2D eigenvalue weighted by molar-refractivity contribution is -0.161. The van der Waals surface area contributed by atoms with Gasteiger partial charge in [-0.25, -0.2) is 0 Å². The van der Waals surface area contributed by atoms with E-state index in [1.165, 1.54) is 25.7 Å². The lowest BCUT2D eigenvalue weighted by Crippen LogP contribution is -2.48. The van der Waals surface area contributed by atoms with Crippen LogP contribution in [0.2, 0.25) is 0 Å². The van der Waals surface area contributed by atoms with Crippen molar-refractivity contribution >= 4 is 11.9 Å². The summed E-state index contributed by atoms with van der Waals surface area (Å²) in [6, 6.07) is 0. The van der Waals surface area contributed by atoms with Crippen LogP contribution >= 0.6 is 0 Å². The Hall–Kier alpha value is -1.06. The second kappa shape index (κ2) is 5.86. The van der Waals surface area contributed by atoms with Crippen molar-refractivity contribution in [3.8, 4) is 0 Å². The van der Waals surface area contributed by atoms with E-state index in [1.807, 2.05) is 6.92 Å². The van der Waals surface area contributed by atoms with E-state index in [4.69, 9.17) is 9.47 Å². The Balaban J connectivity index is 1.45. The van der Waals surface area contributed by atoms with Crippen molar-refractivity contribution in [3.05, 3.63) is 0 Å². The van der Waals surface area contributed by atoms with E-state index in [1.54, 1.807) is 6.92 Å². The molecule has 4 nitrogen and oxygen atoms in total. The molecule has 4 unspecified atom stereocenters. The van der Waals surface area contributed by atoms with Crippen molar-refractivity contribution in [2.45, 2.75) is 52.9 Å². The number of rotatable bonds is 6. The molecule has 3 aliphatic carbocycles. The Labute approximate surface area is 132 Å². The molecule has 3 saturated carbocycles. The zero-order valence-electron chi connectivity index (χ0n) is 14.0. The van der Waals surface area contributed by atoms with E-state index in [2.05, 4.69) is 6.92 Å². The average molecular weight is 308 g/mol. The van der Waals surface area contributed by atoms with Crippen LogP contribution in [0, 0.1) is 35.0 Å². The Kier molecular flexibility index (Phi) is 4.21. The molecule has 4 heteroatoms. The fraction of sp³-hybridized carbons (Fsp3) is 0.889. The van der Waals surface area contributed by atoms with Crippen LogP contribution in [0.15, 0.2) is 0 Å². The molecule has 0 aromatic rings. The van der Waals surface area contributed by atoms with Crippen LogP contribution < -0.4 is 0 Å². The molecule has 0 N–H and O–H groups in total. The molecule has 0 aromatic heterocycles. The molecular weight excluding hydrogens is 280 g/mol. The average Bonchev–Trinajstić information content (AvgIpc) is 3.27. The zero-order valence-corrected chi connectivity index (χ0v) is 14.0. The smallest absolute Gasteiger partial charge is 0.309 e. The predicted molar refractivity (Wildman–Crippen MR) is 81.9 cm³/mol. The quantitative estimate of drug-likeness (QED) is 0.558. The van der Waals surface area contributed by atoms with Crippen molar-refractivity contribution in [1.29, 1.82) is 0 Å². The molecule has 0 aromatic carbocycles. The first-order chi connectivity index (χ1) is 10.5. The van der Waals surface area contributed by atoms with Gasteiger partial charge < -0.3 is 9.47 Å². The van der Waals surface area contributed by atoms with E-state index in [9.17, 15) is 9.59 Å². The molecule has 3 aliphatic rings. The maximum atomic E-state index is 12.2. The number of carbonyl (C=O) groups is 2. The Morgan fingerprint density at radius 1 is 1.23 bits per heavy atom. The summed E-state index contributed by atoms with van der Waals surface area (Å²) in [5.41, 5.74) is 0.477. The van der Waals surface area contributed by atoms with Gasteiger partial charge in [0.1, 0.15) is 13.2 Å². The highest BCUT2D eigenvalue weighted by Gasteiger charge is 2.72. The highest BCUT2D eigenvalue weighted by Crippen LogP contribution is 2.78. The molecule has 1 spiro atoms. The molecule has 0 bridgehead atoms. The SMILES string of the molecule is CCC(=O)OCCOC(=O)C(C)C1C[C@H]2CCC(C)[C@H]3CC123. The van der Waals surface area contributed by atoms with E-state index in [-0.39, 0.29) is 31.1 Å². The summed E-state index contributed by atoms with van der Waals surface area (Å²) < 4.78 is 10.2. The predicted octanol–water partition coefficient (Wildman–Crippen LogP) is 3.19. The summed E-state index contributed by atoms with van der Waals surface area (Å²) in [7, 11) is 0. The van der Waals surface area contributed by atoms with Gasteiger partial charge in [0, 0.05) is 6.42 Å². The van der Waals surface area contributed by atoms with Crippen molar-refractivity contribution in [2.24, 2.45) is 35.0 Å². The fourth-order valence-electron chi connectivity index (χ4n) is 5.25. The Morgan fingerprint density at radius 3 is 2.68 bits per heavy atom. The molecule has 0 heterocycles. The molecular formula is C18H28O4. The van der Waals surface area contributed by atoms with Gasteiger partial charge in [0.15, 0.2) is 0 Å². The number of hydrogen-bond donors (Lipinski definition) is 0. The number of esters is 2. The first-order valence-corrected chi connectivity index (χ1v) is 8.83. The number of hydrogen-bond acceptors (Lipinski definition) is 4. The molecule has 124 valence electrons. The molecule has 3 fully saturated rings. The number of ether oxygens (including phenoxy) is 2. The standard InChI is InChI=1S/C18H28O4/c1-4-16(19)21-7-8-22-17(20)12(3)14-9-13-6-5-11(2)15-10-18(13,14)15/h11-15H,4-10H2,1-3H3/t11?,12?,13-,14?,15-,18?/m1/s1. The Bertz CT molecular complexity index is 460. The van der Waals surface area contributed by atoms with Gasteiger partial charge >= 0.3 is 11.9 Å². The molecule has 0 aliphatic heterocycles. The van der Waals surface area contributed by atoms with E-state index in [0.29, 0.717) is 17.8 Å². The van der Waals surface area contributed by atoms with Crippen LogP contribution in [0.25, 0.3) is 0 Å². The minimum absolute atomic E-state index is 0.0200. The lowest BCUT2D eigenvalue weighted by atomic mass is 9.52. The third-order valence-electron chi connectivity index (χ3n) is 6.60. The van der Waals surface area contributed by atoms with E-state index >= 15 is 0 Å². The van der Waals surface area contributed by atoms with Crippen molar-refractivity contribution in [1.82, 2.24) is 0 Å². The van der Waals surface area contributed by atoms with Crippen molar-refractivity contribution < 1.29 is 19.1 Å². The lowest BCUT2D eigenvalue weighted by Gasteiger charge is -2.52. The molecule has 0 amide bonds. The number of carbonyl (C=O) groups excluding carboxylic acids is 2. The van der Waals surface area contributed by atoms with Crippen LogP contribution in [-0.2, 0) is 19.1 Å². The maximum absolute atomic E-state index is 12.2. The second-order valence-electron chi connectivity index (χ2n) is 7.55. The minimum Gasteiger partial charge on any atom is -0.462 e. The summed E-state index contributed by atoms with van der Waals surface area (Å²) in [6.45, 7) is 6.49. The maximum Gasteiger partial charge on any atom is 0.309 e. The monoisotopic (exact) mass is 308 g/mol. The van der Waals surface area contributed by atoms with Gasteiger partial charge in [-0.15, -0.1) is 0 Å². The molecule has 0 radical (unpaired) electrons. The highest BCUT2D eigenvalue weighted by atomic mass is 16.6. The summed E-state index contributed by atoms with van der Waals surface area (Å²) in [5, 5.41) is 0. The van der Waals surface area contributed by atoms with Gasteiger partial charge in [0.25, 0.3) is 0 Å². The van der Waals surface area contributed by atoms with Gasteiger partial charge in [-0.1, -0.05) is 27.2 Å². The molecule has 3 rings (SSSR count). The third kappa shape index (κ3) is 2.44. The third-order valence-corrected chi connectivity index (χ3v) is 6.60. The first kappa shape index (κ1) is 15.8.